The van der Waals surface area contributed by atoms with E-state index in [0.29, 0.717) is 0 Å². The van der Waals surface area contributed by atoms with Gasteiger partial charge in [0.15, 0.2) is 0 Å². The molecule has 1 N–H and O–H groups in total. The van der Waals surface area contributed by atoms with Crippen LogP contribution in [0.4, 0.5) is 0 Å². The third kappa shape index (κ3) is 4.36. The highest BCUT2D eigenvalue weighted by atomic mass is 15.3. The molecule has 4 heteroatoms. The number of nitriles is 1. The summed E-state index contributed by atoms with van der Waals surface area (Å²) < 4.78 is 2.10. The van der Waals surface area contributed by atoms with Crippen molar-refractivity contribution in [3.8, 4) is 6.07 Å². The lowest BCUT2D eigenvalue weighted by atomic mass is 9.89. The van der Waals surface area contributed by atoms with Crippen molar-refractivity contribution < 1.29 is 0 Å². The molecular formula is C15H26N4. The molecule has 19 heavy (non-hydrogen) atoms. The van der Waals surface area contributed by atoms with E-state index in [9.17, 15) is 0 Å². The third-order valence-electron chi connectivity index (χ3n) is 3.61. The monoisotopic (exact) mass is 262 g/mol. The molecular weight excluding hydrogens is 236 g/mol. The predicted octanol–water partition coefficient (Wildman–Crippen LogP) is 2.94. The van der Waals surface area contributed by atoms with E-state index in [4.69, 9.17) is 5.26 Å². The van der Waals surface area contributed by atoms with Crippen molar-refractivity contribution in [1.82, 2.24) is 15.1 Å². The first-order valence-electron chi connectivity index (χ1n) is 7.00. The van der Waals surface area contributed by atoms with Gasteiger partial charge in [0.05, 0.1) is 17.2 Å². The average molecular weight is 262 g/mol. The predicted molar refractivity (Wildman–Crippen MR) is 77.7 cm³/mol. The summed E-state index contributed by atoms with van der Waals surface area (Å²) in [7, 11) is 1.96. The fourth-order valence-corrected chi connectivity index (χ4v) is 2.27. The van der Waals surface area contributed by atoms with Crippen LogP contribution in [0.15, 0.2) is 0 Å². The molecule has 0 radical (unpaired) electrons. The van der Waals surface area contributed by atoms with Gasteiger partial charge in [0.2, 0.25) is 0 Å². The molecule has 1 rings (SSSR count). The molecule has 0 amide bonds. The fourth-order valence-electron chi connectivity index (χ4n) is 2.27. The molecule has 0 spiro atoms. The second kappa shape index (κ2) is 6.72. The first kappa shape index (κ1) is 15.7. The van der Waals surface area contributed by atoms with Gasteiger partial charge < -0.3 is 5.32 Å². The van der Waals surface area contributed by atoms with Crippen LogP contribution in [0.2, 0.25) is 0 Å². The van der Waals surface area contributed by atoms with Crippen LogP contribution < -0.4 is 5.32 Å². The second-order valence-corrected chi connectivity index (χ2v) is 5.86. The third-order valence-corrected chi connectivity index (χ3v) is 3.61. The zero-order valence-corrected chi connectivity index (χ0v) is 12.9. The van der Waals surface area contributed by atoms with E-state index in [1.807, 2.05) is 20.9 Å². The Bertz CT molecular complexity index is 451. The van der Waals surface area contributed by atoms with E-state index < -0.39 is 0 Å². The quantitative estimate of drug-likeness (QED) is 0.769. The van der Waals surface area contributed by atoms with Crippen molar-refractivity contribution in [3.05, 3.63) is 17.0 Å². The number of unbranched alkanes of at least 4 members (excludes halogenated alkanes) is 1. The summed E-state index contributed by atoms with van der Waals surface area (Å²) >= 11 is 0. The minimum absolute atomic E-state index is 0.202. The minimum Gasteiger partial charge on any atom is -0.316 e. The highest BCUT2D eigenvalue weighted by molar-refractivity contribution is 5.24. The van der Waals surface area contributed by atoms with Crippen LogP contribution in [0.1, 0.15) is 50.1 Å². The first-order chi connectivity index (χ1) is 8.91. The molecule has 0 fully saturated rings. The molecule has 1 aromatic heterocycles. The summed E-state index contributed by atoms with van der Waals surface area (Å²) in [5.74, 6) is 0. The Balaban J connectivity index is 2.51. The van der Waals surface area contributed by atoms with Gasteiger partial charge in [-0.25, -0.2) is 0 Å². The van der Waals surface area contributed by atoms with Crippen molar-refractivity contribution >= 4 is 0 Å². The van der Waals surface area contributed by atoms with Crippen molar-refractivity contribution in [2.45, 2.75) is 60.0 Å². The Kier molecular flexibility index (Phi) is 5.56. The minimum atomic E-state index is -0.202. The number of aromatic nitrogens is 2. The van der Waals surface area contributed by atoms with Gasteiger partial charge in [-0.1, -0.05) is 6.42 Å². The molecule has 4 nitrogen and oxygen atoms in total. The van der Waals surface area contributed by atoms with Crippen LogP contribution in [0.25, 0.3) is 0 Å². The van der Waals surface area contributed by atoms with Gasteiger partial charge in [0.1, 0.15) is 0 Å². The van der Waals surface area contributed by atoms with Gasteiger partial charge in [-0.15, -0.1) is 0 Å². The van der Waals surface area contributed by atoms with Crippen LogP contribution >= 0.6 is 0 Å². The lowest BCUT2D eigenvalue weighted by molar-refractivity contribution is 0.410. The Morgan fingerprint density at radius 1 is 1.32 bits per heavy atom. The molecule has 106 valence electrons. The first-order valence-corrected chi connectivity index (χ1v) is 7.00. The molecule has 0 atom stereocenters. The summed E-state index contributed by atoms with van der Waals surface area (Å²) in [5.41, 5.74) is 3.47. The standard InChI is InChI=1S/C15H26N4/c1-12-14(10-17-5)13(2)19(18-12)9-7-6-8-15(3,4)11-16/h17H,6-10H2,1-5H3. The number of hydrogen-bond acceptors (Lipinski definition) is 3. The molecule has 0 saturated heterocycles. The molecule has 0 aliphatic rings. The zero-order valence-electron chi connectivity index (χ0n) is 12.9. The zero-order chi connectivity index (χ0) is 14.5. The topological polar surface area (TPSA) is 53.6 Å². The smallest absolute Gasteiger partial charge is 0.0683 e. The van der Waals surface area contributed by atoms with E-state index in [0.717, 1.165) is 38.0 Å². The second-order valence-electron chi connectivity index (χ2n) is 5.86. The molecule has 1 heterocycles. The van der Waals surface area contributed by atoms with E-state index in [2.05, 4.69) is 35.0 Å². The maximum atomic E-state index is 8.98. The molecule has 0 aromatic carbocycles. The van der Waals surface area contributed by atoms with Gasteiger partial charge in [-0.3, -0.25) is 4.68 Å². The lowest BCUT2D eigenvalue weighted by Gasteiger charge is -2.14. The van der Waals surface area contributed by atoms with Gasteiger partial charge >= 0.3 is 0 Å². The molecule has 0 aliphatic heterocycles. The van der Waals surface area contributed by atoms with Crippen LogP contribution in [-0.2, 0) is 13.1 Å². The molecule has 0 aliphatic carbocycles. The SMILES string of the molecule is CNCc1c(C)nn(CCCCC(C)(C)C#N)c1C. The highest BCUT2D eigenvalue weighted by Gasteiger charge is 2.16. The Hall–Kier alpha value is -1.34. The molecule has 1 aromatic rings. The number of hydrogen-bond donors (Lipinski definition) is 1. The number of rotatable bonds is 7. The van der Waals surface area contributed by atoms with Crippen LogP contribution in [0.3, 0.4) is 0 Å². The largest absolute Gasteiger partial charge is 0.316 e. The summed E-state index contributed by atoms with van der Waals surface area (Å²) in [4.78, 5) is 0. The molecule has 0 unspecified atom stereocenters. The maximum Gasteiger partial charge on any atom is 0.0683 e. The Morgan fingerprint density at radius 3 is 2.58 bits per heavy atom. The fraction of sp³-hybridized carbons (Fsp3) is 0.733. The Morgan fingerprint density at radius 2 is 2.00 bits per heavy atom. The number of nitrogens with zero attached hydrogens (tertiary/aromatic N) is 3. The van der Waals surface area contributed by atoms with E-state index in [-0.39, 0.29) is 5.41 Å². The van der Waals surface area contributed by atoms with Crippen molar-refractivity contribution in [1.29, 1.82) is 5.26 Å². The van der Waals surface area contributed by atoms with Crippen molar-refractivity contribution in [3.63, 3.8) is 0 Å². The van der Waals surface area contributed by atoms with Crippen LogP contribution in [0.5, 0.6) is 0 Å². The van der Waals surface area contributed by atoms with Gasteiger partial charge in [-0.2, -0.15) is 10.4 Å². The molecule has 0 saturated carbocycles. The Labute approximate surface area is 116 Å². The van der Waals surface area contributed by atoms with Gasteiger partial charge in [0.25, 0.3) is 0 Å². The summed E-state index contributed by atoms with van der Waals surface area (Å²) in [6.07, 6.45) is 3.10. The summed E-state index contributed by atoms with van der Waals surface area (Å²) in [6, 6.07) is 2.35. The van der Waals surface area contributed by atoms with Crippen LogP contribution in [0, 0.1) is 30.6 Å². The van der Waals surface area contributed by atoms with E-state index in [1.165, 1.54) is 11.3 Å². The summed E-state index contributed by atoms with van der Waals surface area (Å²) in [6.45, 7) is 10.0. The summed E-state index contributed by atoms with van der Waals surface area (Å²) in [5, 5.41) is 16.8. The number of aryl methyl sites for hydroxylation is 2. The average Bonchev–Trinajstić information content (AvgIpc) is 2.63. The van der Waals surface area contributed by atoms with Crippen molar-refractivity contribution in [2.75, 3.05) is 7.05 Å². The lowest BCUT2D eigenvalue weighted by Crippen LogP contribution is -2.10. The van der Waals surface area contributed by atoms with E-state index >= 15 is 0 Å². The van der Waals surface area contributed by atoms with Crippen molar-refractivity contribution in [2.24, 2.45) is 5.41 Å². The van der Waals surface area contributed by atoms with Gasteiger partial charge in [0, 0.05) is 24.3 Å². The molecule has 0 bridgehead atoms. The van der Waals surface area contributed by atoms with Crippen LogP contribution in [-0.4, -0.2) is 16.8 Å². The highest BCUT2D eigenvalue weighted by Crippen LogP contribution is 2.22. The van der Waals surface area contributed by atoms with Gasteiger partial charge in [-0.05, 0) is 47.6 Å². The normalized spacial score (nSPS) is 11.6. The van der Waals surface area contributed by atoms with E-state index in [1.54, 1.807) is 0 Å². The maximum absolute atomic E-state index is 8.98. The number of nitrogens with one attached hydrogen (secondary N) is 1.